The molecule has 182 valence electrons. The lowest BCUT2D eigenvalue weighted by molar-refractivity contribution is -0.145. The second kappa shape index (κ2) is 11.3. The normalized spacial score (nSPS) is 22.2. The molecule has 2 saturated heterocycles. The van der Waals surface area contributed by atoms with Crippen LogP contribution in [0.15, 0.2) is 12.5 Å². The summed E-state index contributed by atoms with van der Waals surface area (Å²) in [7, 11) is 0. The fraction of sp³-hybridized carbons (Fsp3) is 0.682. The third-order valence-electron chi connectivity index (χ3n) is 6.13. The number of nitrogens with zero attached hydrogens (tertiary/aromatic N) is 2. The number of hydrogen-bond acceptors (Lipinski definition) is 6. The van der Waals surface area contributed by atoms with E-state index in [1.807, 2.05) is 13.8 Å². The van der Waals surface area contributed by atoms with E-state index in [4.69, 9.17) is 0 Å². The van der Waals surface area contributed by atoms with Crippen LogP contribution in [0.5, 0.6) is 0 Å². The summed E-state index contributed by atoms with van der Waals surface area (Å²) in [5, 5.41) is 18.1. The molecule has 0 radical (unpaired) electrons. The van der Waals surface area contributed by atoms with E-state index in [9.17, 15) is 24.3 Å². The van der Waals surface area contributed by atoms with Gasteiger partial charge in [0.2, 0.25) is 17.7 Å². The van der Waals surface area contributed by atoms with Crippen molar-refractivity contribution in [3.05, 3.63) is 18.2 Å². The number of rotatable bonds is 10. The maximum atomic E-state index is 13.4. The van der Waals surface area contributed by atoms with Crippen LogP contribution in [0.1, 0.15) is 51.6 Å². The molecule has 3 amide bonds. The molecular weight excluding hydrogens is 428 g/mol. The number of amides is 3. The van der Waals surface area contributed by atoms with Crippen LogP contribution in [0.3, 0.4) is 0 Å². The molecule has 11 heteroatoms. The van der Waals surface area contributed by atoms with Crippen LogP contribution >= 0.6 is 0 Å². The van der Waals surface area contributed by atoms with Gasteiger partial charge in [-0.15, -0.1) is 0 Å². The molecule has 2 aliphatic heterocycles. The Labute approximate surface area is 193 Å². The van der Waals surface area contributed by atoms with E-state index >= 15 is 0 Å². The molecular formula is C22H34N6O5. The highest BCUT2D eigenvalue weighted by molar-refractivity contribution is 5.94. The Morgan fingerprint density at radius 2 is 1.91 bits per heavy atom. The Hall–Kier alpha value is -2.95. The van der Waals surface area contributed by atoms with Crippen LogP contribution in [-0.4, -0.2) is 80.9 Å². The largest absolute Gasteiger partial charge is 0.480 e. The van der Waals surface area contributed by atoms with Crippen molar-refractivity contribution in [3.63, 3.8) is 0 Å². The van der Waals surface area contributed by atoms with Crippen LogP contribution in [-0.2, 0) is 25.6 Å². The predicted molar refractivity (Wildman–Crippen MR) is 119 cm³/mol. The summed E-state index contributed by atoms with van der Waals surface area (Å²) in [6.45, 7) is 5.11. The molecule has 1 aromatic rings. The van der Waals surface area contributed by atoms with Crippen LogP contribution in [0, 0.1) is 5.92 Å². The van der Waals surface area contributed by atoms with Crippen molar-refractivity contribution in [1.29, 1.82) is 0 Å². The standard InChI is InChI=1S/C22H34N6O5/c1-13(2)9-16(26-19(29)15-5-3-7-24-15)21(31)28-8-4-6-18(28)20(30)27-17(22(32)33)10-14-11-23-12-25-14/h11-13,15-18,24H,3-10H2,1-2H3,(H,23,25)(H,26,29)(H,27,30)(H,32,33). The zero-order chi connectivity index (χ0) is 24.0. The minimum Gasteiger partial charge on any atom is -0.480 e. The third kappa shape index (κ3) is 6.53. The highest BCUT2D eigenvalue weighted by atomic mass is 16.4. The minimum atomic E-state index is -1.16. The van der Waals surface area contributed by atoms with E-state index in [-0.39, 0.29) is 30.2 Å². The molecule has 3 heterocycles. The van der Waals surface area contributed by atoms with Crippen molar-refractivity contribution in [1.82, 2.24) is 30.8 Å². The first-order valence-electron chi connectivity index (χ1n) is 11.6. The third-order valence-corrected chi connectivity index (χ3v) is 6.13. The average Bonchev–Trinajstić information content (AvgIpc) is 3.54. The number of carboxylic acids is 1. The highest BCUT2D eigenvalue weighted by Crippen LogP contribution is 2.21. The number of H-pyrrole nitrogens is 1. The van der Waals surface area contributed by atoms with E-state index < -0.39 is 30.0 Å². The molecule has 2 aliphatic rings. The van der Waals surface area contributed by atoms with Crippen LogP contribution in [0.25, 0.3) is 0 Å². The average molecular weight is 463 g/mol. The Balaban J connectivity index is 1.67. The van der Waals surface area contributed by atoms with Gasteiger partial charge in [-0.25, -0.2) is 9.78 Å². The van der Waals surface area contributed by atoms with E-state index in [0.717, 1.165) is 19.4 Å². The summed E-state index contributed by atoms with van der Waals surface area (Å²) in [5.74, 6) is -2.00. The van der Waals surface area contributed by atoms with Gasteiger partial charge in [0, 0.05) is 24.9 Å². The molecule has 4 atom stereocenters. The van der Waals surface area contributed by atoms with E-state index in [2.05, 4.69) is 25.9 Å². The molecule has 0 aliphatic carbocycles. The van der Waals surface area contributed by atoms with Gasteiger partial charge in [0.1, 0.15) is 18.1 Å². The van der Waals surface area contributed by atoms with Gasteiger partial charge in [0.05, 0.1) is 12.4 Å². The smallest absolute Gasteiger partial charge is 0.326 e. The molecule has 0 bridgehead atoms. The minimum absolute atomic E-state index is 0.0577. The van der Waals surface area contributed by atoms with Gasteiger partial charge in [-0.2, -0.15) is 0 Å². The number of aromatic amines is 1. The molecule has 3 rings (SSSR count). The summed E-state index contributed by atoms with van der Waals surface area (Å²) in [5.41, 5.74) is 0.585. The lowest BCUT2D eigenvalue weighted by Crippen LogP contribution is -2.57. The summed E-state index contributed by atoms with van der Waals surface area (Å²) in [6, 6.07) is -2.94. The van der Waals surface area contributed by atoms with E-state index in [0.29, 0.717) is 31.5 Å². The second-order valence-corrected chi connectivity index (χ2v) is 9.21. The maximum Gasteiger partial charge on any atom is 0.326 e. The fourth-order valence-electron chi connectivity index (χ4n) is 4.46. The second-order valence-electron chi connectivity index (χ2n) is 9.21. The zero-order valence-electron chi connectivity index (χ0n) is 19.2. The number of carbonyl (C=O) groups is 4. The first-order valence-corrected chi connectivity index (χ1v) is 11.6. The molecule has 0 spiro atoms. The molecule has 0 aromatic carbocycles. The lowest BCUT2D eigenvalue weighted by Gasteiger charge is -2.30. The molecule has 33 heavy (non-hydrogen) atoms. The number of nitrogens with one attached hydrogen (secondary N) is 4. The molecule has 2 fully saturated rings. The van der Waals surface area contributed by atoms with Crippen LogP contribution in [0.2, 0.25) is 0 Å². The number of aromatic nitrogens is 2. The summed E-state index contributed by atoms with van der Waals surface area (Å²) >= 11 is 0. The highest BCUT2D eigenvalue weighted by Gasteiger charge is 2.39. The quantitative estimate of drug-likeness (QED) is 0.322. The van der Waals surface area contributed by atoms with Gasteiger partial charge in [0.15, 0.2) is 0 Å². The van der Waals surface area contributed by atoms with Crippen molar-refractivity contribution in [2.24, 2.45) is 5.92 Å². The molecule has 11 nitrogen and oxygen atoms in total. The summed E-state index contributed by atoms with van der Waals surface area (Å²) in [4.78, 5) is 58.9. The van der Waals surface area contributed by atoms with Crippen LogP contribution in [0.4, 0.5) is 0 Å². The van der Waals surface area contributed by atoms with Gasteiger partial charge in [-0.3, -0.25) is 14.4 Å². The Kier molecular flexibility index (Phi) is 8.43. The van der Waals surface area contributed by atoms with Crippen molar-refractivity contribution in [2.75, 3.05) is 13.1 Å². The maximum absolute atomic E-state index is 13.4. The topological polar surface area (TPSA) is 157 Å². The Morgan fingerprint density at radius 1 is 1.15 bits per heavy atom. The van der Waals surface area contributed by atoms with Gasteiger partial charge < -0.3 is 30.9 Å². The summed E-state index contributed by atoms with van der Waals surface area (Å²) in [6.07, 6.45) is 6.19. The van der Waals surface area contributed by atoms with Gasteiger partial charge in [-0.1, -0.05) is 13.8 Å². The number of imidazole rings is 1. The Bertz CT molecular complexity index is 836. The van der Waals surface area contributed by atoms with Crippen LogP contribution < -0.4 is 16.0 Å². The number of hydrogen-bond donors (Lipinski definition) is 5. The SMILES string of the molecule is CC(C)CC(NC(=O)C1CCCN1)C(=O)N1CCCC1C(=O)NC(Cc1cnc[nH]1)C(=O)O. The van der Waals surface area contributed by atoms with Gasteiger partial charge in [0.25, 0.3) is 0 Å². The molecule has 5 N–H and O–H groups in total. The monoisotopic (exact) mass is 462 g/mol. The van der Waals surface area contributed by atoms with Crippen molar-refractivity contribution in [3.8, 4) is 0 Å². The zero-order valence-corrected chi connectivity index (χ0v) is 19.2. The number of carbonyl (C=O) groups excluding carboxylic acids is 3. The van der Waals surface area contributed by atoms with Crippen molar-refractivity contribution in [2.45, 2.75) is 76.5 Å². The first kappa shape index (κ1) is 24.7. The number of likely N-dealkylation sites (tertiary alicyclic amines) is 1. The first-order chi connectivity index (χ1) is 15.8. The van der Waals surface area contributed by atoms with Gasteiger partial charge in [-0.05, 0) is 44.6 Å². The molecule has 0 saturated carbocycles. The number of aliphatic carboxylic acids is 1. The lowest BCUT2D eigenvalue weighted by atomic mass is 10.0. The van der Waals surface area contributed by atoms with E-state index in [1.165, 1.54) is 17.4 Å². The molecule has 4 unspecified atom stereocenters. The van der Waals surface area contributed by atoms with Gasteiger partial charge >= 0.3 is 5.97 Å². The summed E-state index contributed by atoms with van der Waals surface area (Å²) < 4.78 is 0. The predicted octanol–water partition coefficient (Wildman–Crippen LogP) is -0.204. The number of carboxylic acid groups (broad SMARTS) is 1. The molecule has 1 aromatic heterocycles. The van der Waals surface area contributed by atoms with Crippen molar-refractivity contribution >= 4 is 23.7 Å². The Morgan fingerprint density at radius 3 is 2.52 bits per heavy atom. The fourth-order valence-corrected chi connectivity index (χ4v) is 4.46. The van der Waals surface area contributed by atoms with Crippen molar-refractivity contribution < 1.29 is 24.3 Å². The van der Waals surface area contributed by atoms with E-state index in [1.54, 1.807) is 0 Å².